The lowest BCUT2D eigenvalue weighted by molar-refractivity contribution is -0.146. The molecule has 0 radical (unpaired) electrons. The second-order valence-electron chi connectivity index (χ2n) is 6.78. The zero-order chi connectivity index (χ0) is 19.6. The highest BCUT2D eigenvalue weighted by atomic mass is 16.5. The molecule has 1 aromatic heterocycles. The number of carbonyl (C=O) groups excluding carboxylic acids is 2. The third kappa shape index (κ3) is 4.24. The van der Waals surface area contributed by atoms with Crippen molar-refractivity contribution in [3.05, 3.63) is 29.5 Å². The van der Waals surface area contributed by atoms with Crippen molar-refractivity contribution in [3.63, 3.8) is 0 Å². The van der Waals surface area contributed by atoms with Crippen LogP contribution in [0.2, 0.25) is 0 Å². The first-order chi connectivity index (χ1) is 12.9. The predicted molar refractivity (Wildman–Crippen MR) is 99.0 cm³/mol. The smallest absolute Gasteiger partial charge is 0.375 e. The minimum atomic E-state index is -0.649. The van der Waals surface area contributed by atoms with E-state index in [2.05, 4.69) is 0 Å². The fourth-order valence-electron chi connectivity index (χ4n) is 3.32. The lowest BCUT2D eigenvalue weighted by Gasteiger charge is -2.35. The Labute approximate surface area is 158 Å². The maximum Gasteiger partial charge on any atom is 0.375 e. The Bertz CT molecular complexity index is 832. The molecule has 0 N–H and O–H groups in total. The van der Waals surface area contributed by atoms with Gasteiger partial charge in [-0.15, -0.1) is 0 Å². The summed E-state index contributed by atoms with van der Waals surface area (Å²) in [5.74, 6) is -0.0724. The molecule has 2 aromatic rings. The van der Waals surface area contributed by atoms with Gasteiger partial charge < -0.3 is 23.5 Å². The summed E-state index contributed by atoms with van der Waals surface area (Å²) in [6.07, 6.45) is -0.0730. The number of hydrogen-bond acceptors (Lipinski definition) is 6. The fraction of sp³-hybridized carbons (Fsp3) is 0.500. The quantitative estimate of drug-likeness (QED) is 0.748. The summed E-state index contributed by atoms with van der Waals surface area (Å²) in [4.78, 5) is 26.4. The van der Waals surface area contributed by atoms with E-state index >= 15 is 0 Å². The number of furan rings is 1. The Morgan fingerprint density at radius 1 is 1.22 bits per heavy atom. The zero-order valence-corrected chi connectivity index (χ0v) is 16.1. The number of rotatable bonds is 5. The van der Waals surface area contributed by atoms with Gasteiger partial charge in [0.05, 0.1) is 18.8 Å². The number of ether oxygens (including phenoxy) is 3. The molecule has 1 amide bonds. The maximum atomic E-state index is 12.4. The topological polar surface area (TPSA) is 78.2 Å². The lowest BCUT2D eigenvalue weighted by atomic mass is 10.1. The Morgan fingerprint density at radius 2 is 1.93 bits per heavy atom. The van der Waals surface area contributed by atoms with E-state index in [-0.39, 0.29) is 30.5 Å². The Kier molecular flexibility index (Phi) is 5.70. The first kappa shape index (κ1) is 19.2. The van der Waals surface area contributed by atoms with Gasteiger partial charge in [0.2, 0.25) is 5.76 Å². The molecule has 1 saturated heterocycles. The van der Waals surface area contributed by atoms with Gasteiger partial charge in [-0.25, -0.2) is 4.79 Å². The zero-order valence-electron chi connectivity index (χ0n) is 16.1. The number of fused-ring (bicyclic) bond motifs is 1. The predicted octanol–water partition coefficient (Wildman–Crippen LogP) is 2.93. The normalized spacial score (nSPS) is 19.9. The Balaban J connectivity index is 1.67. The van der Waals surface area contributed by atoms with Crippen molar-refractivity contribution in [2.75, 3.05) is 26.3 Å². The average Bonchev–Trinajstić information content (AvgIpc) is 2.95. The molecule has 0 unspecified atom stereocenters. The number of nitrogens with zero attached hydrogens (tertiary/aromatic N) is 1. The second kappa shape index (κ2) is 8.00. The Hall–Kier alpha value is -2.54. The van der Waals surface area contributed by atoms with E-state index in [1.54, 1.807) is 24.0 Å². The number of aryl methyl sites for hydroxylation is 1. The molecular weight excluding hydrogens is 350 g/mol. The minimum Gasteiger partial charge on any atom is -0.494 e. The van der Waals surface area contributed by atoms with Crippen LogP contribution in [-0.4, -0.2) is 55.3 Å². The van der Waals surface area contributed by atoms with Crippen LogP contribution < -0.4 is 4.74 Å². The van der Waals surface area contributed by atoms with Gasteiger partial charge in [-0.2, -0.15) is 0 Å². The van der Waals surface area contributed by atoms with Crippen LogP contribution in [0.15, 0.2) is 22.6 Å². The van der Waals surface area contributed by atoms with Gasteiger partial charge in [0, 0.05) is 24.0 Å². The van der Waals surface area contributed by atoms with Crippen LogP contribution in [0.4, 0.5) is 0 Å². The molecule has 0 aliphatic carbocycles. The third-order valence-corrected chi connectivity index (χ3v) is 4.50. The highest BCUT2D eigenvalue weighted by Crippen LogP contribution is 2.29. The number of esters is 1. The van der Waals surface area contributed by atoms with Crippen molar-refractivity contribution in [1.29, 1.82) is 0 Å². The van der Waals surface area contributed by atoms with Crippen LogP contribution >= 0.6 is 0 Å². The van der Waals surface area contributed by atoms with Crippen molar-refractivity contribution in [2.45, 2.75) is 39.9 Å². The third-order valence-electron chi connectivity index (χ3n) is 4.50. The summed E-state index contributed by atoms with van der Waals surface area (Å²) in [7, 11) is 0. The molecule has 2 heterocycles. The van der Waals surface area contributed by atoms with Crippen molar-refractivity contribution in [3.8, 4) is 5.75 Å². The number of carbonyl (C=O) groups is 2. The second-order valence-corrected chi connectivity index (χ2v) is 6.78. The van der Waals surface area contributed by atoms with Gasteiger partial charge in [-0.3, -0.25) is 4.79 Å². The van der Waals surface area contributed by atoms with Crippen LogP contribution in [-0.2, 0) is 14.3 Å². The standard InChI is InChI=1S/C20H25NO6/c1-5-24-15-6-7-17-16(8-15)14(4)19(27-17)20(23)25-11-18(22)21-9-12(2)26-13(3)10-21/h6-8,12-13H,5,9-11H2,1-4H3/t12-,13-/m1/s1. The molecule has 0 bridgehead atoms. The summed E-state index contributed by atoms with van der Waals surface area (Å²) < 4.78 is 21.9. The molecule has 0 spiro atoms. The SMILES string of the molecule is CCOc1ccc2oc(C(=O)OCC(=O)N3C[C@@H](C)O[C@H](C)C3)c(C)c2c1. The number of benzene rings is 1. The van der Waals surface area contributed by atoms with Gasteiger partial charge in [0.15, 0.2) is 6.61 Å². The molecule has 3 rings (SSSR count). The Morgan fingerprint density at radius 3 is 2.59 bits per heavy atom. The molecule has 1 fully saturated rings. The minimum absolute atomic E-state index is 0.0365. The highest BCUT2D eigenvalue weighted by molar-refractivity contribution is 5.97. The summed E-state index contributed by atoms with van der Waals surface area (Å²) in [5, 5.41) is 0.787. The molecule has 7 nitrogen and oxygen atoms in total. The van der Waals surface area contributed by atoms with Gasteiger partial charge in [-0.1, -0.05) is 0 Å². The monoisotopic (exact) mass is 375 g/mol. The van der Waals surface area contributed by atoms with Crippen molar-refractivity contribution in [2.24, 2.45) is 0 Å². The van der Waals surface area contributed by atoms with Gasteiger partial charge in [0.1, 0.15) is 11.3 Å². The molecular formula is C20H25NO6. The molecule has 27 heavy (non-hydrogen) atoms. The van der Waals surface area contributed by atoms with Gasteiger partial charge in [0.25, 0.3) is 5.91 Å². The van der Waals surface area contributed by atoms with Crippen molar-refractivity contribution < 1.29 is 28.2 Å². The first-order valence-electron chi connectivity index (χ1n) is 9.15. The van der Waals surface area contributed by atoms with Crippen LogP contribution in [0, 0.1) is 6.92 Å². The van der Waals surface area contributed by atoms with E-state index in [1.165, 1.54) is 0 Å². The molecule has 1 aliphatic rings. The summed E-state index contributed by atoms with van der Waals surface area (Å²) in [6, 6.07) is 5.37. The van der Waals surface area contributed by atoms with Crippen molar-refractivity contribution >= 4 is 22.8 Å². The summed E-state index contributed by atoms with van der Waals surface area (Å²) in [6.45, 7) is 8.73. The molecule has 0 saturated carbocycles. The van der Waals surface area contributed by atoms with E-state index in [9.17, 15) is 9.59 Å². The van der Waals surface area contributed by atoms with E-state index in [1.807, 2.05) is 26.8 Å². The first-order valence-corrected chi connectivity index (χ1v) is 9.15. The van der Waals surface area contributed by atoms with E-state index in [0.717, 1.165) is 5.39 Å². The molecule has 2 atom stereocenters. The molecule has 1 aliphatic heterocycles. The van der Waals surface area contributed by atoms with Crippen LogP contribution in [0.5, 0.6) is 5.75 Å². The molecule has 146 valence electrons. The maximum absolute atomic E-state index is 12.4. The molecule has 1 aromatic carbocycles. The summed E-state index contributed by atoms with van der Waals surface area (Å²) in [5.41, 5.74) is 1.24. The molecule has 7 heteroatoms. The number of hydrogen-bond donors (Lipinski definition) is 0. The van der Waals surface area contributed by atoms with E-state index in [0.29, 0.717) is 36.6 Å². The van der Waals surface area contributed by atoms with Gasteiger partial charge in [-0.05, 0) is 45.9 Å². The van der Waals surface area contributed by atoms with Gasteiger partial charge >= 0.3 is 5.97 Å². The summed E-state index contributed by atoms with van der Waals surface area (Å²) >= 11 is 0. The average molecular weight is 375 g/mol. The lowest BCUT2D eigenvalue weighted by Crippen LogP contribution is -2.49. The van der Waals surface area contributed by atoms with E-state index in [4.69, 9.17) is 18.6 Å². The number of amides is 1. The number of morpholine rings is 1. The largest absolute Gasteiger partial charge is 0.494 e. The van der Waals surface area contributed by atoms with Crippen LogP contribution in [0.3, 0.4) is 0 Å². The fourth-order valence-corrected chi connectivity index (χ4v) is 3.32. The van der Waals surface area contributed by atoms with Crippen LogP contribution in [0.25, 0.3) is 11.0 Å². The van der Waals surface area contributed by atoms with Crippen molar-refractivity contribution in [1.82, 2.24) is 4.90 Å². The highest BCUT2D eigenvalue weighted by Gasteiger charge is 2.27. The van der Waals surface area contributed by atoms with E-state index < -0.39 is 5.97 Å². The van der Waals surface area contributed by atoms with Crippen LogP contribution in [0.1, 0.15) is 36.9 Å².